The first kappa shape index (κ1) is 13.3. The molecular formula is C15H13N3S2. The summed E-state index contributed by atoms with van der Waals surface area (Å²) in [5, 5.41) is 4.02. The molecule has 20 heavy (non-hydrogen) atoms. The molecule has 0 saturated heterocycles. The number of nitrogens with two attached hydrogens (primary N) is 1. The summed E-state index contributed by atoms with van der Waals surface area (Å²) in [7, 11) is 0. The van der Waals surface area contributed by atoms with Crippen molar-refractivity contribution in [2.24, 2.45) is 0 Å². The first-order valence-corrected chi connectivity index (χ1v) is 8.14. The summed E-state index contributed by atoms with van der Waals surface area (Å²) in [5.41, 5.74) is 5.80. The van der Waals surface area contributed by atoms with Crippen LogP contribution in [0.1, 0.15) is 0 Å². The van der Waals surface area contributed by atoms with Gasteiger partial charge in [-0.25, -0.2) is 9.97 Å². The molecule has 0 aliphatic heterocycles. The lowest BCUT2D eigenvalue weighted by molar-refractivity contribution is 0.901. The number of fused-ring (bicyclic) bond motifs is 1. The second-order valence-corrected chi connectivity index (χ2v) is 6.10. The lowest BCUT2D eigenvalue weighted by atomic mass is 10.1. The molecule has 0 aliphatic carbocycles. The van der Waals surface area contributed by atoms with E-state index in [2.05, 4.69) is 40.3 Å². The fourth-order valence-electron chi connectivity index (χ4n) is 1.91. The highest BCUT2D eigenvalue weighted by Crippen LogP contribution is 2.29. The fraction of sp³-hybridized carbons (Fsp3) is 0.0667. The van der Waals surface area contributed by atoms with Crippen LogP contribution in [0.3, 0.4) is 0 Å². The van der Waals surface area contributed by atoms with Crippen molar-refractivity contribution in [2.45, 2.75) is 15.1 Å². The first-order chi connectivity index (χ1) is 9.74. The molecule has 0 saturated carbocycles. The highest BCUT2D eigenvalue weighted by molar-refractivity contribution is 7.99. The van der Waals surface area contributed by atoms with Gasteiger partial charge in [-0.3, -0.25) is 0 Å². The molecular weight excluding hydrogens is 286 g/mol. The maximum Gasteiger partial charge on any atom is 0.195 e. The predicted molar refractivity (Wildman–Crippen MR) is 86.3 cm³/mol. The largest absolute Gasteiger partial charge is 0.384 e. The number of rotatable bonds is 3. The summed E-state index contributed by atoms with van der Waals surface area (Å²) >= 11 is 3.10. The second-order valence-electron chi connectivity index (χ2n) is 4.23. The number of hydrogen-bond donors (Lipinski definition) is 1. The minimum atomic E-state index is 0.507. The quantitative estimate of drug-likeness (QED) is 0.448. The molecule has 3 nitrogen and oxygen atoms in total. The normalized spacial score (nSPS) is 10.8. The zero-order valence-electron chi connectivity index (χ0n) is 10.9. The Kier molecular flexibility index (Phi) is 3.80. The van der Waals surface area contributed by atoms with Gasteiger partial charge in [-0.1, -0.05) is 30.3 Å². The van der Waals surface area contributed by atoms with E-state index in [1.54, 1.807) is 17.8 Å². The Morgan fingerprint density at radius 1 is 0.950 bits per heavy atom. The number of aromatic nitrogens is 2. The van der Waals surface area contributed by atoms with E-state index in [1.165, 1.54) is 22.5 Å². The van der Waals surface area contributed by atoms with Gasteiger partial charge in [-0.2, -0.15) is 0 Å². The van der Waals surface area contributed by atoms with Gasteiger partial charge in [0.2, 0.25) is 0 Å². The third-order valence-corrected chi connectivity index (χ3v) is 4.32. The minimum absolute atomic E-state index is 0.507. The van der Waals surface area contributed by atoms with E-state index < -0.39 is 0 Å². The fourth-order valence-corrected chi connectivity index (χ4v) is 3.21. The molecule has 0 unspecified atom stereocenters. The Labute approximate surface area is 126 Å². The number of thioether (sulfide) groups is 1. The van der Waals surface area contributed by atoms with Crippen molar-refractivity contribution in [2.75, 3.05) is 12.0 Å². The number of anilines is 1. The highest BCUT2D eigenvalue weighted by Gasteiger charge is 2.05. The summed E-state index contributed by atoms with van der Waals surface area (Å²) in [5.74, 6) is 0.507. The molecule has 2 aromatic carbocycles. The second kappa shape index (κ2) is 5.73. The van der Waals surface area contributed by atoms with E-state index in [0.717, 1.165) is 9.92 Å². The Balaban J connectivity index is 1.94. The van der Waals surface area contributed by atoms with Crippen molar-refractivity contribution >= 4 is 40.1 Å². The van der Waals surface area contributed by atoms with E-state index in [4.69, 9.17) is 5.73 Å². The molecule has 0 spiro atoms. The maximum absolute atomic E-state index is 5.80. The monoisotopic (exact) mass is 299 g/mol. The average Bonchev–Trinajstić information content (AvgIpc) is 2.46. The van der Waals surface area contributed by atoms with Crippen LogP contribution in [0.4, 0.5) is 5.82 Å². The van der Waals surface area contributed by atoms with E-state index in [0.29, 0.717) is 11.0 Å². The van der Waals surface area contributed by atoms with E-state index in [-0.39, 0.29) is 0 Å². The third kappa shape index (κ3) is 2.89. The van der Waals surface area contributed by atoms with Crippen LogP contribution in [-0.4, -0.2) is 16.2 Å². The van der Waals surface area contributed by atoms with E-state index in [9.17, 15) is 0 Å². The summed E-state index contributed by atoms with van der Waals surface area (Å²) < 4.78 is 0. The van der Waals surface area contributed by atoms with Gasteiger partial charge in [0.05, 0.1) is 0 Å². The summed E-state index contributed by atoms with van der Waals surface area (Å²) in [6, 6.07) is 16.4. The smallest absolute Gasteiger partial charge is 0.195 e. The summed E-state index contributed by atoms with van der Waals surface area (Å²) in [4.78, 5) is 9.85. The lowest BCUT2D eigenvalue weighted by Crippen LogP contribution is -1.95. The van der Waals surface area contributed by atoms with Crippen molar-refractivity contribution in [3.05, 3.63) is 48.5 Å². The number of hydrogen-bond acceptors (Lipinski definition) is 5. The average molecular weight is 299 g/mol. The molecule has 5 heteroatoms. The molecule has 3 aromatic rings. The van der Waals surface area contributed by atoms with Crippen LogP contribution in [0.2, 0.25) is 0 Å². The Hall–Kier alpha value is -1.72. The van der Waals surface area contributed by atoms with Crippen LogP contribution in [-0.2, 0) is 0 Å². The van der Waals surface area contributed by atoms with Crippen LogP contribution in [0, 0.1) is 0 Å². The lowest BCUT2D eigenvalue weighted by Gasteiger charge is -2.05. The van der Waals surface area contributed by atoms with Crippen molar-refractivity contribution in [3.8, 4) is 0 Å². The molecule has 0 fully saturated rings. The number of benzene rings is 2. The predicted octanol–water partition coefficient (Wildman–Crippen LogP) is 4.09. The summed E-state index contributed by atoms with van der Waals surface area (Å²) in [6.07, 6.45) is 1.98. The van der Waals surface area contributed by atoms with Crippen LogP contribution in [0.25, 0.3) is 10.8 Å². The van der Waals surface area contributed by atoms with E-state index >= 15 is 0 Å². The highest BCUT2D eigenvalue weighted by atomic mass is 32.2. The zero-order chi connectivity index (χ0) is 13.9. The maximum atomic E-state index is 5.80. The van der Waals surface area contributed by atoms with Crippen LogP contribution < -0.4 is 5.73 Å². The molecule has 1 aromatic heterocycles. The number of nitrogen functional groups attached to an aromatic ring is 1. The van der Waals surface area contributed by atoms with Gasteiger partial charge in [0.15, 0.2) is 5.16 Å². The summed E-state index contributed by atoms with van der Waals surface area (Å²) in [6.45, 7) is 0. The third-order valence-electron chi connectivity index (χ3n) is 2.84. The van der Waals surface area contributed by atoms with Gasteiger partial charge in [-0.15, -0.1) is 11.8 Å². The van der Waals surface area contributed by atoms with Gasteiger partial charge in [-0.05, 0) is 40.9 Å². The molecule has 0 bridgehead atoms. The van der Waals surface area contributed by atoms with Crippen molar-refractivity contribution in [1.82, 2.24) is 9.97 Å². The molecule has 100 valence electrons. The van der Waals surface area contributed by atoms with Crippen LogP contribution in [0.5, 0.6) is 0 Å². The molecule has 0 atom stereocenters. The van der Waals surface area contributed by atoms with Gasteiger partial charge in [0, 0.05) is 11.0 Å². The SMILES string of the molecule is CSc1cc(N)nc(Sc2ccc3ccccc3c2)n1. The number of nitrogens with zero attached hydrogens (tertiary/aromatic N) is 2. The minimum Gasteiger partial charge on any atom is -0.384 e. The van der Waals surface area contributed by atoms with Crippen molar-refractivity contribution in [1.29, 1.82) is 0 Å². The van der Waals surface area contributed by atoms with Crippen LogP contribution >= 0.6 is 23.5 Å². The zero-order valence-corrected chi connectivity index (χ0v) is 12.5. The van der Waals surface area contributed by atoms with Gasteiger partial charge in [0.1, 0.15) is 10.8 Å². The molecule has 0 radical (unpaired) electrons. The Bertz CT molecular complexity index is 759. The molecule has 0 aliphatic rings. The van der Waals surface area contributed by atoms with Crippen molar-refractivity contribution < 1.29 is 0 Å². The first-order valence-electron chi connectivity index (χ1n) is 6.10. The standard InChI is InChI=1S/C15H13N3S2/c1-19-14-9-13(16)17-15(18-14)20-12-7-6-10-4-2-3-5-11(10)8-12/h2-9H,1H3,(H2,16,17,18). The molecule has 2 N–H and O–H groups in total. The van der Waals surface area contributed by atoms with Crippen LogP contribution in [0.15, 0.2) is 63.6 Å². The Morgan fingerprint density at radius 2 is 1.75 bits per heavy atom. The topological polar surface area (TPSA) is 51.8 Å². The van der Waals surface area contributed by atoms with Gasteiger partial charge in [0.25, 0.3) is 0 Å². The van der Waals surface area contributed by atoms with Gasteiger partial charge < -0.3 is 5.73 Å². The molecule has 3 rings (SSSR count). The molecule has 0 amide bonds. The van der Waals surface area contributed by atoms with E-state index in [1.807, 2.05) is 18.4 Å². The molecule has 1 heterocycles. The Morgan fingerprint density at radius 3 is 2.55 bits per heavy atom. The van der Waals surface area contributed by atoms with Crippen molar-refractivity contribution in [3.63, 3.8) is 0 Å². The van der Waals surface area contributed by atoms with Gasteiger partial charge >= 0.3 is 0 Å².